The van der Waals surface area contributed by atoms with Crippen molar-refractivity contribution >= 4 is 5.91 Å². The Morgan fingerprint density at radius 3 is 2.42 bits per heavy atom. The highest BCUT2D eigenvalue weighted by molar-refractivity contribution is 5.79. The first-order chi connectivity index (χ1) is 12.7. The van der Waals surface area contributed by atoms with Crippen molar-refractivity contribution in [2.24, 2.45) is 0 Å². The van der Waals surface area contributed by atoms with Gasteiger partial charge in [-0.3, -0.25) is 4.79 Å². The van der Waals surface area contributed by atoms with Crippen LogP contribution in [0.3, 0.4) is 0 Å². The molecule has 6 nitrogen and oxygen atoms in total. The van der Waals surface area contributed by atoms with Crippen LogP contribution in [0.2, 0.25) is 0 Å². The number of carbonyl (C=O) groups excluding carboxylic acids is 1. The molecule has 0 spiro atoms. The average molecular weight is 349 g/mol. The van der Waals surface area contributed by atoms with E-state index in [-0.39, 0.29) is 18.5 Å². The smallest absolute Gasteiger partial charge is 0.259 e. The average Bonchev–Trinajstić information content (AvgIpc) is 3.44. The lowest BCUT2D eigenvalue weighted by Crippen LogP contribution is -2.42. The number of hydrogen-bond acceptors (Lipinski definition) is 4. The van der Waals surface area contributed by atoms with Crippen molar-refractivity contribution in [2.45, 2.75) is 31.8 Å². The topological polar surface area (TPSA) is 73.3 Å². The second-order valence-electron chi connectivity index (χ2n) is 6.47. The van der Waals surface area contributed by atoms with Gasteiger partial charge in [-0.25, -0.2) is 0 Å². The number of nitrogens with zero attached hydrogens (tertiary/aromatic N) is 3. The molecule has 0 saturated heterocycles. The van der Waals surface area contributed by atoms with Gasteiger partial charge in [0.05, 0.1) is 11.7 Å². The standard InChI is InChI=1S/C20H19N3O3/c24-19(13-15-7-3-1-4-8-15)22(16-11-12-16)14-18-20(25)26-21-23(18)17-9-5-2-6-10-17/h1-10,16H,11-14H2. The van der Waals surface area contributed by atoms with Crippen LogP contribution in [0.5, 0.6) is 5.95 Å². The predicted octanol–water partition coefficient (Wildman–Crippen LogP) is 1.76. The summed E-state index contributed by atoms with van der Waals surface area (Å²) in [6, 6.07) is 19.1. The molecule has 132 valence electrons. The molecule has 0 atom stereocenters. The predicted molar refractivity (Wildman–Crippen MR) is 91.2 cm³/mol. The monoisotopic (exact) mass is 349 g/mol. The molecule has 1 aromatic heterocycles. The Hall–Kier alpha value is -3.15. The van der Waals surface area contributed by atoms with Crippen LogP contribution in [0.4, 0.5) is 0 Å². The molecule has 6 heteroatoms. The van der Waals surface area contributed by atoms with Crippen molar-refractivity contribution in [3.63, 3.8) is 0 Å². The van der Waals surface area contributed by atoms with E-state index in [1.54, 1.807) is 4.90 Å². The number of hydrogen-bond donors (Lipinski definition) is 0. The van der Waals surface area contributed by atoms with E-state index in [0.29, 0.717) is 12.1 Å². The van der Waals surface area contributed by atoms with Crippen molar-refractivity contribution in [1.29, 1.82) is 0 Å². The van der Waals surface area contributed by atoms with Gasteiger partial charge in [-0.2, -0.15) is 0 Å². The van der Waals surface area contributed by atoms with Crippen molar-refractivity contribution in [3.8, 4) is 11.6 Å². The molecule has 0 N–H and O–H groups in total. The molecular weight excluding hydrogens is 330 g/mol. The zero-order valence-corrected chi connectivity index (χ0v) is 14.2. The summed E-state index contributed by atoms with van der Waals surface area (Å²) in [7, 11) is 0. The van der Waals surface area contributed by atoms with Gasteiger partial charge in [-0.15, -0.1) is 0 Å². The Morgan fingerprint density at radius 1 is 1.12 bits per heavy atom. The largest absolute Gasteiger partial charge is 0.539 e. The normalized spacial score (nSPS) is 13.5. The lowest BCUT2D eigenvalue weighted by atomic mass is 10.1. The summed E-state index contributed by atoms with van der Waals surface area (Å²) in [5, 5.41) is 16.0. The summed E-state index contributed by atoms with van der Waals surface area (Å²) in [6.45, 7) is 0.202. The minimum atomic E-state index is -0.507. The molecule has 1 heterocycles. The zero-order chi connectivity index (χ0) is 17.9. The van der Waals surface area contributed by atoms with Gasteiger partial charge in [0.1, 0.15) is 6.54 Å². The van der Waals surface area contributed by atoms with Gasteiger partial charge >= 0.3 is 0 Å². The molecule has 0 radical (unpaired) electrons. The maximum atomic E-state index is 12.8. The van der Waals surface area contributed by atoms with Gasteiger partial charge in [0.15, 0.2) is 5.95 Å². The molecule has 3 aromatic rings. The van der Waals surface area contributed by atoms with Crippen molar-refractivity contribution in [2.75, 3.05) is 0 Å². The molecule has 1 aliphatic carbocycles. The van der Waals surface area contributed by atoms with E-state index < -0.39 is 5.95 Å². The highest BCUT2D eigenvalue weighted by Gasteiger charge is 2.35. The fraction of sp³-hybridized carbons (Fsp3) is 0.250. The number of para-hydroxylation sites is 1. The third-order valence-electron chi connectivity index (χ3n) is 4.52. The Morgan fingerprint density at radius 2 is 1.77 bits per heavy atom. The van der Waals surface area contributed by atoms with Crippen molar-refractivity contribution < 1.29 is 19.1 Å². The summed E-state index contributed by atoms with van der Waals surface area (Å²) in [4.78, 5) is 14.6. The summed E-state index contributed by atoms with van der Waals surface area (Å²) in [6.07, 6.45) is 2.25. The minimum absolute atomic E-state index is 0.0129. The number of carbonyl (C=O) groups is 1. The van der Waals surface area contributed by atoms with Crippen molar-refractivity contribution in [3.05, 3.63) is 71.9 Å². The van der Waals surface area contributed by atoms with E-state index in [1.807, 2.05) is 60.7 Å². The van der Waals surface area contributed by atoms with Gasteiger partial charge in [0, 0.05) is 18.2 Å². The first-order valence-electron chi connectivity index (χ1n) is 8.69. The minimum Gasteiger partial charge on any atom is -0.539 e. The molecule has 1 aliphatic rings. The Kier molecular flexibility index (Phi) is 4.39. The van der Waals surface area contributed by atoms with Crippen LogP contribution < -0.4 is 9.79 Å². The highest BCUT2D eigenvalue weighted by atomic mass is 16.6. The summed E-state index contributed by atoms with van der Waals surface area (Å²) >= 11 is 0. The Labute approximate surface area is 151 Å². The van der Waals surface area contributed by atoms with E-state index in [0.717, 1.165) is 24.1 Å². The Balaban J connectivity index is 1.58. The van der Waals surface area contributed by atoms with E-state index >= 15 is 0 Å². The van der Waals surface area contributed by atoms with E-state index in [2.05, 4.69) is 5.27 Å². The van der Waals surface area contributed by atoms with Crippen LogP contribution in [-0.2, 0) is 17.8 Å². The molecule has 0 bridgehead atoms. The van der Waals surface area contributed by atoms with E-state index in [9.17, 15) is 9.90 Å². The highest BCUT2D eigenvalue weighted by Crippen LogP contribution is 2.29. The third kappa shape index (κ3) is 3.44. The van der Waals surface area contributed by atoms with Crippen LogP contribution in [0, 0.1) is 0 Å². The number of amides is 1. The van der Waals surface area contributed by atoms with Crippen LogP contribution in [0.15, 0.2) is 65.2 Å². The van der Waals surface area contributed by atoms with Crippen molar-refractivity contribution in [1.82, 2.24) is 10.2 Å². The first kappa shape index (κ1) is 16.3. The number of benzene rings is 2. The fourth-order valence-corrected chi connectivity index (χ4v) is 3.01. The number of rotatable bonds is 6. The quantitative estimate of drug-likeness (QED) is 0.636. The molecular formula is C20H19N3O3. The lowest BCUT2D eigenvalue weighted by molar-refractivity contribution is -0.678. The van der Waals surface area contributed by atoms with E-state index in [4.69, 9.17) is 4.52 Å². The lowest BCUT2D eigenvalue weighted by Gasteiger charge is -2.21. The van der Waals surface area contributed by atoms with Gasteiger partial charge in [0.25, 0.3) is 5.69 Å². The number of aromatic nitrogens is 2. The maximum Gasteiger partial charge on any atom is 0.259 e. The Bertz CT molecular complexity index is 889. The fourth-order valence-electron chi connectivity index (χ4n) is 3.01. The van der Waals surface area contributed by atoms with Crippen LogP contribution in [-0.4, -0.2) is 22.1 Å². The summed E-state index contributed by atoms with van der Waals surface area (Å²) < 4.78 is 6.35. The van der Waals surface area contributed by atoms with Gasteiger partial charge in [-0.05, 0) is 23.1 Å². The zero-order valence-electron chi connectivity index (χ0n) is 14.2. The van der Waals surface area contributed by atoms with Gasteiger partial charge in [-0.1, -0.05) is 48.5 Å². The molecule has 1 amide bonds. The van der Waals surface area contributed by atoms with Gasteiger partial charge < -0.3 is 14.5 Å². The van der Waals surface area contributed by atoms with Crippen LogP contribution in [0.1, 0.15) is 24.1 Å². The molecule has 2 aromatic carbocycles. The molecule has 1 fully saturated rings. The van der Waals surface area contributed by atoms with Gasteiger partial charge in [0.2, 0.25) is 11.6 Å². The van der Waals surface area contributed by atoms with Crippen LogP contribution >= 0.6 is 0 Å². The third-order valence-corrected chi connectivity index (χ3v) is 4.52. The summed E-state index contributed by atoms with van der Waals surface area (Å²) in [5.74, 6) is -0.495. The van der Waals surface area contributed by atoms with Crippen LogP contribution in [0.25, 0.3) is 5.69 Å². The SMILES string of the molecule is O=C(Cc1ccccc1)N(Cc1c([O-])on[n+]1-c1ccccc1)C1CC1. The summed E-state index contributed by atoms with van der Waals surface area (Å²) in [5.41, 5.74) is 2.07. The first-order valence-corrected chi connectivity index (χ1v) is 8.69. The molecule has 4 rings (SSSR count). The maximum absolute atomic E-state index is 12.8. The van der Waals surface area contributed by atoms with E-state index in [1.165, 1.54) is 4.68 Å². The molecule has 1 saturated carbocycles. The molecule has 0 unspecified atom stereocenters. The molecule has 0 aliphatic heterocycles. The molecule has 26 heavy (non-hydrogen) atoms. The second kappa shape index (κ2) is 7.00. The second-order valence-corrected chi connectivity index (χ2v) is 6.47.